The van der Waals surface area contributed by atoms with E-state index in [4.69, 9.17) is 10.5 Å². The van der Waals surface area contributed by atoms with Gasteiger partial charge in [0, 0.05) is 20.2 Å². The molecule has 0 bridgehead atoms. The zero-order valence-electron chi connectivity index (χ0n) is 9.53. The SMILES string of the molecule is CCNc1nnc(C(N)COC)n1CC. The lowest BCUT2D eigenvalue weighted by molar-refractivity contribution is 0.177. The fourth-order valence-electron chi connectivity index (χ4n) is 1.44. The lowest BCUT2D eigenvalue weighted by atomic mass is 10.3. The summed E-state index contributed by atoms with van der Waals surface area (Å²) in [6, 6.07) is -0.227. The molecule has 3 N–H and O–H groups in total. The molecule has 1 heterocycles. The minimum atomic E-state index is -0.227. The van der Waals surface area contributed by atoms with E-state index in [-0.39, 0.29) is 6.04 Å². The van der Waals surface area contributed by atoms with Crippen molar-refractivity contribution in [3.05, 3.63) is 5.82 Å². The van der Waals surface area contributed by atoms with Crippen molar-refractivity contribution in [3.8, 4) is 0 Å². The molecule has 1 unspecified atom stereocenters. The molecule has 6 nitrogen and oxygen atoms in total. The molecule has 6 heteroatoms. The molecule has 0 amide bonds. The Morgan fingerprint density at radius 1 is 1.47 bits per heavy atom. The van der Waals surface area contributed by atoms with Crippen molar-refractivity contribution in [2.75, 3.05) is 25.6 Å². The summed E-state index contributed by atoms with van der Waals surface area (Å²) in [4.78, 5) is 0. The quantitative estimate of drug-likeness (QED) is 0.714. The Kier molecular flexibility index (Phi) is 4.51. The van der Waals surface area contributed by atoms with Gasteiger partial charge in [0.1, 0.15) is 0 Å². The van der Waals surface area contributed by atoms with Gasteiger partial charge in [-0.2, -0.15) is 0 Å². The van der Waals surface area contributed by atoms with E-state index in [0.717, 1.165) is 24.9 Å². The molecular weight excluding hydrogens is 194 g/mol. The molecule has 0 spiro atoms. The summed E-state index contributed by atoms with van der Waals surface area (Å²) >= 11 is 0. The summed E-state index contributed by atoms with van der Waals surface area (Å²) < 4.78 is 6.97. The van der Waals surface area contributed by atoms with Gasteiger partial charge >= 0.3 is 0 Å². The number of nitrogens with zero attached hydrogens (tertiary/aromatic N) is 3. The second-order valence-corrected chi connectivity index (χ2v) is 3.22. The van der Waals surface area contributed by atoms with Crippen molar-refractivity contribution in [1.29, 1.82) is 0 Å². The number of hydrogen-bond acceptors (Lipinski definition) is 5. The summed E-state index contributed by atoms with van der Waals surface area (Å²) in [7, 11) is 1.62. The Morgan fingerprint density at radius 2 is 2.20 bits per heavy atom. The van der Waals surface area contributed by atoms with Crippen LogP contribution in [0.5, 0.6) is 0 Å². The van der Waals surface area contributed by atoms with Gasteiger partial charge in [0.2, 0.25) is 5.95 Å². The second-order valence-electron chi connectivity index (χ2n) is 3.22. The van der Waals surface area contributed by atoms with E-state index in [1.165, 1.54) is 0 Å². The van der Waals surface area contributed by atoms with Crippen LogP contribution in [0.4, 0.5) is 5.95 Å². The smallest absolute Gasteiger partial charge is 0.224 e. The van der Waals surface area contributed by atoms with Gasteiger partial charge in [0.05, 0.1) is 12.6 Å². The number of rotatable bonds is 6. The first kappa shape index (κ1) is 11.9. The van der Waals surface area contributed by atoms with Crippen LogP contribution in [0.2, 0.25) is 0 Å². The first-order valence-electron chi connectivity index (χ1n) is 5.16. The molecule has 0 aliphatic heterocycles. The van der Waals surface area contributed by atoms with Crippen LogP contribution >= 0.6 is 0 Å². The summed E-state index contributed by atoms with van der Waals surface area (Å²) in [5, 5.41) is 11.3. The molecule has 15 heavy (non-hydrogen) atoms. The van der Waals surface area contributed by atoms with E-state index in [2.05, 4.69) is 15.5 Å². The Labute approximate surface area is 89.8 Å². The predicted molar refractivity (Wildman–Crippen MR) is 58.7 cm³/mol. The Balaban J connectivity index is 2.87. The number of hydrogen-bond donors (Lipinski definition) is 2. The highest BCUT2D eigenvalue weighted by Crippen LogP contribution is 2.13. The summed E-state index contributed by atoms with van der Waals surface area (Å²) in [5.41, 5.74) is 5.92. The second kappa shape index (κ2) is 5.67. The normalized spacial score (nSPS) is 12.8. The molecule has 0 aromatic carbocycles. The van der Waals surface area contributed by atoms with Crippen LogP contribution in [-0.4, -0.2) is 35.0 Å². The van der Waals surface area contributed by atoms with E-state index in [1.807, 2.05) is 18.4 Å². The minimum absolute atomic E-state index is 0.227. The molecule has 1 atom stereocenters. The predicted octanol–water partition coefficient (Wildman–Crippen LogP) is 0.376. The fraction of sp³-hybridized carbons (Fsp3) is 0.778. The van der Waals surface area contributed by atoms with E-state index in [1.54, 1.807) is 7.11 Å². The lowest BCUT2D eigenvalue weighted by Crippen LogP contribution is -2.21. The van der Waals surface area contributed by atoms with Crippen molar-refractivity contribution in [2.45, 2.75) is 26.4 Å². The molecule has 0 fully saturated rings. The van der Waals surface area contributed by atoms with Crippen molar-refractivity contribution in [2.24, 2.45) is 5.73 Å². The maximum Gasteiger partial charge on any atom is 0.224 e. The zero-order valence-corrected chi connectivity index (χ0v) is 9.53. The molecule has 0 aliphatic rings. The maximum atomic E-state index is 5.92. The average molecular weight is 213 g/mol. The van der Waals surface area contributed by atoms with Crippen LogP contribution < -0.4 is 11.1 Å². The molecule has 1 aromatic heterocycles. The molecule has 1 aromatic rings. The number of nitrogens with one attached hydrogen (secondary N) is 1. The zero-order chi connectivity index (χ0) is 11.3. The van der Waals surface area contributed by atoms with Crippen molar-refractivity contribution in [3.63, 3.8) is 0 Å². The molecule has 0 radical (unpaired) electrons. The highest BCUT2D eigenvalue weighted by atomic mass is 16.5. The molecule has 1 rings (SSSR count). The van der Waals surface area contributed by atoms with Crippen molar-refractivity contribution >= 4 is 5.95 Å². The van der Waals surface area contributed by atoms with Crippen LogP contribution in [0.3, 0.4) is 0 Å². The largest absolute Gasteiger partial charge is 0.383 e. The molecule has 0 saturated carbocycles. The average Bonchev–Trinajstić information content (AvgIpc) is 2.62. The van der Waals surface area contributed by atoms with E-state index in [0.29, 0.717) is 6.61 Å². The van der Waals surface area contributed by atoms with Crippen LogP contribution in [0.25, 0.3) is 0 Å². The Bertz CT molecular complexity index is 299. The standard InChI is InChI=1S/C9H19N5O/c1-4-11-9-13-12-8(14(9)5-2)7(10)6-15-3/h7H,4-6,10H2,1-3H3,(H,11,13). The minimum Gasteiger partial charge on any atom is -0.383 e. The third-order valence-corrected chi connectivity index (χ3v) is 2.11. The monoisotopic (exact) mass is 213 g/mol. The third-order valence-electron chi connectivity index (χ3n) is 2.11. The van der Waals surface area contributed by atoms with Crippen LogP contribution in [0, 0.1) is 0 Å². The first-order valence-corrected chi connectivity index (χ1v) is 5.16. The van der Waals surface area contributed by atoms with Gasteiger partial charge in [0.25, 0.3) is 0 Å². The Hall–Kier alpha value is -1.14. The first-order chi connectivity index (χ1) is 7.24. The number of aromatic nitrogens is 3. The number of nitrogens with two attached hydrogens (primary N) is 1. The molecule has 0 saturated heterocycles. The molecule has 0 aliphatic carbocycles. The van der Waals surface area contributed by atoms with E-state index in [9.17, 15) is 0 Å². The molecule has 86 valence electrons. The van der Waals surface area contributed by atoms with E-state index >= 15 is 0 Å². The van der Waals surface area contributed by atoms with Crippen molar-refractivity contribution in [1.82, 2.24) is 14.8 Å². The summed E-state index contributed by atoms with van der Waals surface area (Å²) in [6.45, 7) is 6.11. The van der Waals surface area contributed by atoms with Crippen LogP contribution in [-0.2, 0) is 11.3 Å². The third kappa shape index (κ3) is 2.66. The van der Waals surface area contributed by atoms with Crippen LogP contribution in [0.1, 0.15) is 25.7 Å². The van der Waals surface area contributed by atoms with E-state index < -0.39 is 0 Å². The van der Waals surface area contributed by atoms with Gasteiger partial charge in [-0.25, -0.2) is 0 Å². The highest BCUT2D eigenvalue weighted by Gasteiger charge is 2.16. The Morgan fingerprint density at radius 3 is 2.73 bits per heavy atom. The van der Waals surface area contributed by atoms with Gasteiger partial charge in [-0.15, -0.1) is 10.2 Å². The lowest BCUT2D eigenvalue weighted by Gasteiger charge is -2.12. The van der Waals surface area contributed by atoms with Crippen molar-refractivity contribution < 1.29 is 4.74 Å². The van der Waals surface area contributed by atoms with Gasteiger partial charge in [0.15, 0.2) is 5.82 Å². The summed E-state index contributed by atoms with van der Waals surface area (Å²) in [5.74, 6) is 1.52. The number of ether oxygens (including phenoxy) is 1. The topological polar surface area (TPSA) is 78.0 Å². The van der Waals surface area contributed by atoms with Crippen LogP contribution in [0.15, 0.2) is 0 Å². The summed E-state index contributed by atoms with van der Waals surface area (Å²) in [6.07, 6.45) is 0. The van der Waals surface area contributed by atoms with Gasteiger partial charge in [-0.3, -0.25) is 4.57 Å². The van der Waals surface area contributed by atoms with Gasteiger partial charge < -0.3 is 15.8 Å². The highest BCUT2D eigenvalue weighted by molar-refractivity contribution is 5.26. The van der Waals surface area contributed by atoms with Gasteiger partial charge in [-0.1, -0.05) is 0 Å². The maximum absolute atomic E-state index is 5.92. The number of anilines is 1. The molecular formula is C9H19N5O. The number of methoxy groups -OCH3 is 1. The van der Waals surface area contributed by atoms with Gasteiger partial charge in [-0.05, 0) is 13.8 Å². The fourth-order valence-corrected chi connectivity index (χ4v) is 1.44.